The molecule has 0 radical (unpaired) electrons. The molecule has 0 saturated carbocycles. The van der Waals surface area contributed by atoms with E-state index in [0.29, 0.717) is 5.76 Å². The van der Waals surface area contributed by atoms with E-state index in [0.717, 1.165) is 0 Å². The largest absolute Gasteiger partial charge is 0.465 e. The van der Waals surface area contributed by atoms with Crippen LogP contribution in [0.3, 0.4) is 0 Å². The summed E-state index contributed by atoms with van der Waals surface area (Å²) in [7, 11) is 0. The van der Waals surface area contributed by atoms with Gasteiger partial charge in [0, 0.05) is 6.08 Å². The average Bonchev–Trinajstić information content (AvgIpc) is 3.04. The first-order valence-corrected chi connectivity index (χ1v) is 5.43. The van der Waals surface area contributed by atoms with E-state index in [4.69, 9.17) is 4.42 Å². The number of hydrogen-bond acceptors (Lipinski definition) is 4. The fraction of sp³-hybridized carbons (Fsp3) is 0.182. The number of halogens is 3. The Labute approximate surface area is 110 Å². The highest BCUT2D eigenvalue weighted by Crippen LogP contribution is 2.25. The second-order valence-corrected chi connectivity index (χ2v) is 3.67. The van der Waals surface area contributed by atoms with Gasteiger partial charge in [-0.05, 0) is 18.2 Å². The predicted molar refractivity (Wildman–Crippen MR) is 61.0 cm³/mol. The molecule has 0 bridgehead atoms. The summed E-state index contributed by atoms with van der Waals surface area (Å²) in [4.78, 5) is 14.6. The highest BCUT2D eigenvalue weighted by Gasteiger charge is 2.35. The summed E-state index contributed by atoms with van der Waals surface area (Å²) in [6.45, 7) is -0.190. The Bertz CT molecular complexity index is 601. The lowest BCUT2D eigenvalue weighted by molar-refractivity contribution is -0.144. The van der Waals surface area contributed by atoms with Gasteiger partial charge in [-0.1, -0.05) is 0 Å². The van der Waals surface area contributed by atoms with Crippen molar-refractivity contribution in [1.29, 1.82) is 0 Å². The van der Waals surface area contributed by atoms with Crippen LogP contribution < -0.4 is 5.32 Å². The van der Waals surface area contributed by atoms with Crippen LogP contribution in [-0.4, -0.2) is 21.1 Å². The molecule has 1 amide bonds. The van der Waals surface area contributed by atoms with E-state index >= 15 is 0 Å². The van der Waals surface area contributed by atoms with Crippen LogP contribution in [0.25, 0.3) is 6.08 Å². The lowest BCUT2D eigenvalue weighted by Crippen LogP contribution is -2.21. The third-order valence-corrected chi connectivity index (χ3v) is 2.16. The van der Waals surface area contributed by atoms with Gasteiger partial charge in [0.05, 0.1) is 12.8 Å². The van der Waals surface area contributed by atoms with Gasteiger partial charge in [-0.25, -0.2) is 4.98 Å². The average molecular weight is 286 g/mol. The summed E-state index contributed by atoms with van der Waals surface area (Å²) in [5.74, 6) is -1.37. The minimum Gasteiger partial charge on any atom is -0.465 e. The van der Waals surface area contributed by atoms with E-state index in [9.17, 15) is 18.0 Å². The Balaban J connectivity index is 1.86. The second kappa shape index (κ2) is 5.59. The van der Waals surface area contributed by atoms with Gasteiger partial charge in [-0.15, -0.1) is 5.10 Å². The van der Waals surface area contributed by atoms with Crippen molar-refractivity contribution >= 4 is 12.0 Å². The molecule has 9 heteroatoms. The van der Waals surface area contributed by atoms with Gasteiger partial charge in [0.15, 0.2) is 0 Å². The number of H-pyrrole nitrogens is 1. The number of nitrogens with one attached hydrogen (secondary N) is 2. The molecule has 0 atom stereocenters. The zero-order chi connectivity index (χ0) is 14.6. The summed E-state index contributed by atoms with van der Waals surface area (Å²) >= 11 is 0. The number of rotatable bonds is 4. The Kier molecular flexibility index (Phi) is 3.87. The molecule has 2 aromatic heterocycles. The smallest absolute Gasteiger partial charge is 0.453 e. The molecule has 0 aliphatic carbocycles. The van der Waals surface area contributed by atoms with E-state index in [2.05, 4.69) is 20.5 Å². The fourth-order valence-electron chi connectivity index (χ4n) is 1.27. The highest BCUT2D eigenvalue weighted by molar-refractivity contribution is 5.91. The van der Waals surface area contributed by atoms with Gasteiger partial charge in [0.25, 0.3) is 5.82 Å². The molecule has 2 aromatic rings. The van der Waals surface area contributed by atoms with Crippen molar-refractivity contribution in [3.05, 3.63) is 41.9 Å². The number of carbonyl (C=O) groups excluding carboxylic acids is 1. The van der Waals surface area contributed by atoms with Gasteiger partial charge in [-0.2, -0.15) is 13.2 Å². The normalized spacial score (nSPS) is 11.9. The van der Waals surface area contributed by atoms with Gasteiger partial charge >= 0.3 is 6.18 Å². The lowest BCUT2D eigenvalue weighted by Gasteiger charge is -1.98. The maximum atomic E-state index is 12.2. The zero-order valence-corrected chi connectivity index (χ0v) is 9.94. The second-order valence-electron chi connectivity index (χ2n) is 3.67. The van der Waals surface area contributed by atoms with Crippen molar-refractivity contribution in [2.45, 2.75) is 12.7 Å². The van der Waals surface area contributed by atoms with E-state index in [1.54, 1.807) is 12.1 Å². The zero-order valence-electron chi connectivity index (χ0n) is 9.94. The van der Waals surface area contributed by atoms with Crippen LogP contribution in [0.5, 0.6) is 0 Å². The van der Waals surface area contributed by atoms with Crippen LogP contribution in [0.2, 0.25) is 0 Å². The third kappa shape index (κ3) is 3.70. The molecule has 0 spiro atoms. The summed E-state index contributed by atoms with van der Waals surface area (Å²) in [6.07, 6.45) is -0.542. The van der Waals surface area contributed by atoms with Crippen molar-refractivity contribution < 1.29 is 22.4 Å². The first-order chi connectivity index (χ1) is 9.45. The quantitative estimate of drug-likeness (QED) is 0.839. The maximum absolute atomic E-state index is 12.2. The highest BCUT2D eigenvalue weighted by atomic mass is 19.4. The summed E-state index contributed by atoms with van der Waals surface area (Å²) < 4.78 is 41.6. The van der Waals surface area contributed by atoms with Crippen LogP contribution in [0.15, 0.2) is 28.9 Å². The molecule has 0 aliphatic heterocycles. The molecule has 20 heavy (non-hydrogen) atoms. The molecule has 2 heterocycles. The molecular weight excluding hydrogens is 277 g/mol. The topological polar surface area (TPSA) is 83.8 Å². The Morgan fingerprint density at radius 3 is 2.90 bits per heavy atom. The number of amides is 1. The number of carbonyl (C=O) groups is 1. The van der Waals surface area contributed by atoms with Crippen LogP contribution in [0.1, 0.15) is 17.4 Å². The van der Waals surface area contributed by atoms with E-state index in [1.807, 2.05) is 0 Å². The van der Waals surface area contributed by atoms with E-state index < -0.39 is 17.9 Å². The number of furan rings is 1. The fourth-order valence-corrected chi connectivity index (χ4v) is 1.27. The van der Waals surface area contributed by atoms with Crippen LogP contribution >= 0.6 is 0 Å². The number of alkyl halides is 3. The minimum atomic E-state index is -4.61. The van der Waals surface area contributed by atoms with Crippen molar-refractivity contribution in [2.75, 3.05) is 0 Å². The van der Waals surface area contributed by atoms with Gasteiger partial charge < -0.3 is 9.73 Å². The Hall–Kier alpha value is -2.58. The van der Waals surface area contributed by atoms with Gasteiger partial charge in [0.1, 0.15) is 11.6 Å². The monoisotopic (exact) mass is 286 g/mol. The molecular formula is C11H9F3N4O2. The number of aromatic nitrogens is 3. The van der Waals surface area contributed by atoms with Crippen LogP contribution in [0.4, 0.5) is 13.2 Å². The molecule has 2 rings (SSSR count). The van der Waals surface area contributed by atoms with Crippen molar-refractivity contribution in [1.82, 2.24) is 20.5 Å². The Morgan fingerprint density at radius 1 is 1.50 bits per heavy atom. The molecule has 6 nitrogen and oxygen atoms in total. The first kappa shape index (κ1) is 13.8. The maximum Gasteiger partial charge on any atom is 0.453 e. The van der Waals surface area contributed by atoms with Gasteiger partial charge in [0.2, 0.25) is 5.91 Å². The van der Waals surface area contributed by atoms with Crippen molar-refractivity contribution in [3.8, 4) is 0 Å². The van der Waals surface area contributed by atoms with Gasteiger partial charge in [-0.3, -0.25) is 9.89 Å². The van der Waals surface area contributed by atoms with E-state index in [-0.39, 0.29) is 12.4 Å². The summed E-state index contributed by atoms with van der Waals surface area (Å²) in [5.41, 5.74) is 0. The molecule has 0 unspecified atom stereocenters. The minimum absolute atomic E-state index is 0.0860. The summed E-state index contributed by atoms with van der Waals surface area (Å²) in [6, 6.07) is 3.31. The first-order valence-electron chi connectivity index (χ1n) is 5.43. The predicted octanol–water partition coefficient (Wildman–Crippen LogP) is 1.75. The van der Waals surface area contributed by atoms with Crippen molar-refractivity contribution in [3.63, 3.8) is 0 Å². The number of aromatic amines is 1. The summed E-state index contributed by atoms with van der Waals surface area (Å²) in [5, 5.41) is 7.46. The molecule has 0 fully saturated rings. The molecule has 106 valence electrons. The van der Waals surface area contributed by atoms with Crippen LogP contribution in [0, 0.1) is 0 Å². The Morgan fingerprint density at radius 2 is 2.30 bits per heavy atom. The molecule has 2 N–H and O–H groups in total. The molecule has 0 aliphatic rings. The van der Waals surface area contributed by atoms with E-state index in [1.165, 1.54) is 18.4 Å². The number of hydrogen-bond donors (Lipinski definition) is 2. The lowest BCUT2D eigenvalue weighted by atomic mass is 10.4. The van der Waals surface area contributed by atoms with Crippen LogP contribution in [-0.2, 0) is 17.5 Å². The molecule has 0 saturated heterocycles. The van der Waals surface area contributed by atoms with Crippen molar-refractivity contribution in [2.24, 2.45) is 0 Å². The molecule has 0 aromatic carbocycles. The number of nitrogens with zero attached hydrogens (tertiary/aromatic N) is 2. The third-order valence-electron chi connectivity index (χ3n) is 2.16. The SMILES string of the molecule is O=C(/C=C/c1ccco1)NCc1nc(C(F)(F)F)n[nH]1. The standard InChI is InChI=1S/C11H9F3N4O2/c12-11(13,14)10-16-8(17-18-10)6-15-9(19)4-3-7-2-1-5-20-7/h1-5H,6H2,(H,15,19)(H,16,17,18)/b4-3+.